The number of amides is 6. The molecule has 14 nitrogen and oxygen atoms in total. The molecule has 5 heterocycles. The second-order valence-corrected chi connectivity index (χ2v) is 15.4. The van der Waals surface area contributed by atoms with E-state index in [0.29, 0.717) is 37.2 Å². The maximum atomic E-state index is 13.3. The van der Waals surface area contributed by atoms with Gasteiger partial charge in [0.2, 0.25) is 23.6 Å². The summed E-state index contributed by atoms with van der Waals surface area (Å²) < 4.78 is 2.03. The van der Waals surface area contributed by atoms with Crippen LogP contribution in [0.15, 0.2) is 47.5 Å². The molecule has 0 radical (unpaired) electrons. The molecule has 3 N–H and O–H groups in total. The molecule has 2 aromatic heterocycles. The molecule has 7 rings (SSSR count). The van der Waals surface area contributed by atoms with Gasteiger partial charge in [-0.1, -0.05) is 48.4 Å². The van der Waals surface area contributed by atoms with Crippen molar-refractivity contribution in [1.29, 1.82) is 0 Å². The largest absolute Gasteiger partial charge is 0.356 e. The van der Waals surface area contributed by atoms with Crippen LogP contribution in [0.1, 0.15) is 116 Å². The number of benzene rings is 2. The van der Waals surface area contributed by atoms with Gasteiger partial charge in [-0.15, -0.1) is 21.5 Å². The lowest BCUT2D eigenvalue weighted by atomic mass is 9.99. The summed E-state index contributed by atoms with van der Waals surface area (Å²) in [6.07, 6.45) is 2.41. The molecule has 4 aromatic rings. The summed E-state index contributed by atoms with van der Waals surface area (Å²) >= 11 is 1.67. The van der Waals surface area contributed by atoms with Gasteiger partial charge in [0.25, 0.3) is 11.8 Å². The van der Waals surface area contributed by atoms with Gasteiger partial charge in [0, 0.05) is 41.9 Å². The quantitative estimate of drug-likeness (QED) is 0.141. The zero-order chi connectivity index (χ0) is 39.0. The molecule has 15 heteroatoms. The first-order chi connectivity index (χ1) is 26.4. The van der Waals surface area contributed by atoms with Gasteiger partial charge in [0.1, 0.15) is 22.9 Å². The predicted molar refractivity (Wildman–Crippen MR) is 204 cm³/mol. The highest BCUT2D eigenvalue weighted by Gasteiger charge is 2.45. The Morgan fingerprint density at radius 2 is 1.67 bits per heavy atom. The fourth-order valence-corrected chi connectivity index (χ4v) is 8.53. The van der Waals surface area contributed by atoms with Gasteiger partial charge in [-0.05, 0) is 64.2 Å². The third-order valence-electron chi connectivity index (χ3n) is 10.4. The molecule has 1 saturated heterocycles. The summed E-state index contributed by atoms with van der Waals surface area (Å²) in [6, 6.07) is 11.5. The summed E-state index contributed by atoms with van der Waals surface area (Å²) in [4.78, 5) is 83.8. The second-order valence-electron chi connectivity index (χ2n) is 14.2. The molecule has 0 spiro atoms. The fourth-order valence-electron chi connectivity index (χ4n) is 7.31. The molecular weight excluding hydrogens is 721 g/mol. The van der Waals surface area contributed by atoms with E-state index in [-0.39, 0.29) is 55.2 Å². The van der Waals surface area contributed by atoms with Crippen LogP contribution in [-0.2, 0) is 25.7 Å². The zero-order valence-corrected chi connectivity index (χ0v) is 32.0. The standard InChI is InChI=1S/C40H42N8O6S/c1-21-12-14-25(15-13-21)35-33-22(2)23(3)55-40(33)47-24(4)45-46-36(47)28(43-35)19-32(51)41-18-7-5-6-11-30(49)42-20-26-9-8-10-27-34(26)39(54)48(38(27)53)29-16-17-31(50)44-37(29)52/h8-10,12-15,28-29H,5-7,11,16-20H2,1-4H3,(H,41,51)(H,42,49)(H,44,50,52)/t28-,29?/m0/s1. The minimum Gasteiger partial charge on any atom is -0.356 e. The van der Waals surface area contributed by atoms with E-state index in [1.54, 1.807) is 23.5 Å². The Bertz CT molecular complexity index is 2270. The lowest BCUT2D eigenvalue weighted by Gasteiger charge is -2.27. The highest BCUT2D eigenvalue weighted by Crippen LogP contribution is 2.39. The number of fused-ring (bicyclic) bond motifs is 4. The highest BCUT2D eigenvalue weighted by atomic mass is 32.1. The zero-order valence-electron chi connectivity index (χ0n) is 31.2. The van der Waals surface area contributed by atoms with Gasteiger partial charge in [-0.3, -0.25) is 48.5 Å². The van der Waals surface area contributed by atoms with E-state index >= 15 is 0 Å². The van der Waals surface area contributed by atoms with Crippen LogP contribution in [0.2, 0.25) is 0 Å². The van der Waals surface area contributed by atoms with Gasteiger partial charge in [0.05, 0.1) is 23.3 Å². The van der Waals surface area contributed by atoms with Crippen molar-refractivity contribution >= 4 is 52.5 Å². The molecule has 0 bridgehead atoms. The average molecular weight is 763 g/mol. The van der Waals surface area contributed by atoms with Crippen LogP contribution >= 0.6 is 11.3 Å². The number of aryl methyl sites for hydroxylation is 3. The van der Waals surface area contributed by atoms with E-state index in [4.69, 9.17) is 4.99 Å². The number of nitrogens with zero attached hydrogens (tertiary/aromatic N) is 5. The first-order valence-corrected chi connectivity index (χ1v) is 19.3. The summed E-state index contributed by atoms with van der Waals surface area (Å²) in [6.45, 7) is 8.64. The number of unbranched alkanes of at least 4 members (excludes halogenated alkanes) is 2. The summed E-state index contributed by atoms with van der Waals surface area (Å²) in [5.41, 5.74) is 5.94. The number of carbonyl (C=O) groups excluding carboxylic acids is 6. The fraction of sp³-hybridized carbons (Fsp3) is 0.375. The summed E-state index contributed by atoms with van der Waals surface area (Å²) in [5, 5.41) is 17.9. The molecule has 3 aliphatic heterocycles. The molecule has 0 aliphatic carbocycles. The number of imide groups is 2. The summed E-state index contributed by atoms with van der Waals surface area (Å²) in [5.74, 6) is -1.32. The molecular formula is C40H42N8O6S. The molecule has 3 aliphatic rings. The van der Waals surface area contributed by atoms with Gasteiger partial charge in [-0.2, -0.15) is 0 Å². The van der Waals surface area contributed by atoms with Gasteiger partial charge in [-0.25, -0.2) is 0 Å². The summed E-state index contributed by atoms with van der Waals surface area (Å²) in [7, 11) is 0. The van der Waals surface area contributed by atoms with Gasteiger partial charge < -0.3 is 10.6 Å². The van der Waals surface area contributed by atoms with Crippen LogP contribution in [0.3, 0.4) is 0 Å². The normalized spacial score (nSPS) is 17.6. The van der Waals surface area contributed by atoms with E-state index < -0.39 is 35.7 Å². The lowest BCUT2D eigenvalue weighted by molar-refractivity contribution is -0.136. The Kier molecular flexibility index (Phi) is 10.6. The number of piperidine rings is 1. The van der Waals surface area contributed by atoms with Crippen LogP contribution in [0, 0.1) is 27.7 Å². The monoisotopic (exact) mass is 762 g/mol. The van der Waals surface area contributed by atoms with E-state index in [2.05, 4.69) is 64.3 Å². The second kappa shape index (κ2) is 15.5. The third-order valence-corrected chi connectivity index (χ3v) is 11.6. The minimum atomic E-state index is -1.06. The van der Waals surface area contributed by atoms with Crippen LogP contribution in [0.4, 0.5) is 0 Å². The number of aromatic nitrogens is 3. The van der Waals surface area contributed by atoms with Crippen molar-refractivity contribution in [3.8, 4) is 5.00 Å². The molecule has 6 amide bonds. The van der Waals surface area contributed by atoms with Crippen LogP contribution in [-0.4, -0.2) is 73.4 Å². The Morgan fingerprint density at radius 1 is 0.891 bits per heavy atom. The molecule has 1 fully saturated rings. The van der Waals surface area contributed by atoms with Crippen molar-refractivity contribution in [1.82, 2.24) is 35.6 Å². The number of thiophene rings is 1. The van der Waals surface area contributed by atoms with E-state index in [1.807, 2.05) is 18.4 Å². The third kappa shape index (κ3) is 7.35. The Hall–Kier alpha value is -5.83. The first kappa shape index (κ1) is 37.5. The SMILES string of the molecule is Cc1ccc(C2=N[C@@H](CC(=O)NCCCCCC(=O)NCc3cccc4c3C(=O)N(C3CCC(=O)NC3=O)C4=O)c3nnc(C)n3-c3sc(C)c(C)c32)cc1. The van der Waals surface area contributed by atoms with Crippen molar-refractivity contribution in [3.63, 3.8) is 0 Å². The van der Waals surface area contributed by atoms with Crippen molar-refractivity contribution in [2.45, 2.75) is 91.3 Å². The molecule has 2 aromatic carbocycles. The maximum absolute atomic E-state index is 13.3. The number of carbonyl (C=O) groups is 6. The molecule has 1 unspecified atom stereocenters. The number of nitrogens with one attached hydrogen (secondary N) is 3. The van der Waals surface area contributed by atoms with Crippen molar-refractivity contribution in [2.75, 3.05) is 6.54 Å². The average Bonchev–Trinajstić information content (AvgIpc) is 3.73. The number of hydrogen-bond acceptors (Lipinski definition) is 10. The van der Waals surface area contributed by atoms with Crippen molar-refractivity contribution in [2.24, 2.45) is 4.99 Å². The lowest BCUT2D eigenvalue weighted by Crippen LogP contribution is -2.54. The van der Waals surface area contributed by atoms with Crippen LogP contribution < -0.4 is 16.0 Å². The molecule has 2 atom stereocenters. The molecule has 0 saturated carbocycles. The smallest absolute Gasteiger partial charge is 0.262 e. The maximum Gasteiger partial charge on any atom is 0.262 e. The van der Waals surface area contributed by atoms with Crippen LogP contribution in [0.25, 0.3) is 5.00 Å². The number of aliphatic imine (C=N–C) groups is 1. The van der Waals surface area contributed by atoms with E-state index in [1.165, 1.54) is 10.9 Å². The van der Waals surface area contributed by atoms with E-state index in [0.717, 1.165) is 43.7 Å². The van der Waals surface area contributed by atoms with Crippen molar-refractivity contribution < 1.29 is 28.8 Å². The number of rotatable bonds is 12. The van der Waals surface area contributed by atoms with Crippen molar-refractivity contribution in [3.05, 3.63) is 97.9 Å². The Balaban J connectivity index is 0.906. The van der Waals surface area contributed by atoms with Crippen LogP contribution in [0.5, 0.6) is 0 Å². The Morgan fingerprint density at radius 3 is 2.44 bits per heavy atom. The minimum absolute atomic E-state index is 0.0331. The molecule has 284 valence electrons. The molecule has 55 heavy (non-hydrogen) atoms. The van der Waals surface area contributed by atoms with Gasteiger partial charge >= 0.3 is 0 Å². The van der Waals surface area contributed by atoms with E-state index in [9.17, 15) is 28.8 Å². The first-order valence-electron chi connectivity index (χ1n) is 18.5. The predicted octanol–water partition coefficient (Wildman–Crippen LogP) is 4.24. The van der Waals surface area contributed by atoms with Gasteiger partial charge in [0.15, 0.2) is 5.82 Å². The number of hydrogen-bond donors (Lipinski definition) is 3. The topological polar surface area (TPSA) is 185 Å². The Labute approximate surface area is 321 Å². The highest BCUT2D eigenvalue weighted by molar-refractivity contribution is 7.15.